The van der Waals surface area contributed by atoms with Gasteiger partial charge in [-0.05, 0) is 30.3 Å². The first-order valence-corrected chi connectivity index (χ1v) is 9.03. The molecule has 1 heterocycles. The molecule has 0 aliphatic heterocycles. The summed E-state index contributed by atoms with van der Waals surface area (Å²) in [6, 6.07) is 10.3. The second-order valence-corrected chi connectivity index (χ2v) is 6.31. The van der Waals surface area contributed by atoms with Crippen molar-refractivity contribution >= 4 is 5.91 Å². The maximum Gasteiger partial charge on any atom is 0.254 e. The first-order chi connectivity index (χ1) is 14.5. The van der Waals surface area contributed by atoms with Crippen LogP contribution < -0.4 is 18.9 Å². The smallest absolute Gasteiger partial charge is 0.254 e. The fourth-order valence-electron chi connectivity index (χ4n) is 2.88. The molecule has 0 N–H and O–H groups in total. The average molecular weight is 413 g/mol. The molecule has 9 heteroatoms. The molecule has 0 atom stereocenters. The number of nitrogens with zero attached hydrogens (tertiary/aromatic N) is 3. The molecule has 0 saturated carbocycles. The molecule has 0 spiro atoms. The summed E-state index contributed by atoms with van der Waals surface area (Å²) in [5.41, 5.74) is 1.11. The van der Waals surface area contributed by atoms with Crippen LogP contribution in [0.1, 0.15) is 16.2 Å². The Hall–Kier alpha value is -3.75. The number of hydrogen-bond donors (Lipinski definition) is 0. The standard InChI is InChI=1S/C21H23N3O6/c1-24(21(25)13-6-9-16(27-3)18(10-13)29-5)12-19-22-20(23-30-19)15-8-7-14(26-2)11-17(15)28-4/h6-11H,12H2,1-5H3. The summed E-state index contributed by atoms with van der Waals surface area (Å²) >= 11 is 0. The molecule has 0 fully saturated rings. The highest BCUT2D eigenvalue weighted by molar-refractivity contribution is 5.94. The van der Waals surface area contributed by atoms with E-state index in [0.29, 0.717) is 45.8 Å². The van der Waals surface area contributed by atoms with Gasteiger partial charge in [0.2, 0.25) is 11.7 Å². The molecular formula is C21H23N3O6. The second kappa shape index (κ2) is 9.17. The summed E-state index contributed by atoms with van der Waals surface area (Å²) in [6.45, 7) is 0.138. The second-order valence-electron chi connectivity index (χ2n) is 6.31. The Morgan fingerprint density at radius 2 is 1.67 bits per heavy atom. The van der Waals surface area contributed by atoms with Crippen molar-refractivity contribution in [2.75, 3.05) is 35.5 Å². The highest BCUT2D eigenvalue weighted by Gasteiger charge is 2.19. The minimum absolute atomic E-state index is 0.138. The molecule has 0 aliphatic carbocycles. The van der Waals surface area contributed by atoms with Gasteiger partial charge < -0.3 is 28.4 Å². The van der Waals surface area contributed by atoms with Gasteiger partial charge in [0.15, 0.2) is 11.5 Å². The molecule has 158 valence electrons. The Bertz CT molecular complexity index is 1030. The van der Waals surface area contributed by atoms with Crippen molar-refractivity contribution in [3.05, 3.63) is 47.9 Å². The fraction of sp³-hybridized carbons (Fsp3) is 0.286. The van der Waals surface area contributed by atoms with E-state index in [0.717, 1.165) is 0 Å². The zero-order chi connectivity index (χ0) is 21.7. The van der Waals surface area contributed by atoms with Crippen LogP contribution in [0.2, 0.25) is 0 Å². The zero-order valence-corrected chi connectivity index (χ0v) is 17.5. The maximum atomic E-state index is 12.8. The predicted molar refractivity (Wildman–Crippen MR) is 108 cm³/mol. The lowest BCUT2D eigenvalue weighted by molar-refractivity contribution is 0.0769. The van der Waals surface area contributed by atoms with Gasteiger partial charge in [-0.15, -0.1) is 0 Å². The van der Waals surface area contributed by atoms with Crippen LogP contribution in [0.15, 0.2) is 40.9 Å². The van der Waals surface area contributed by atoms with Gasteiger partial charge in [-0.2, -0.15) is 4.98 Å². The number of hydrogen-bond acceptors (Lipinski definition) is 8. The Morgan fingerprint density at radius 1 is 0.933 bits per heavy atom. The third-order valence-electron chi connectivity index (χ3n) is 4.47. The van der Waals surface area contributed by atoms with Gasteiger partial charge in [0.1, 0.15) is 11.5 Å². The molecule has 9 nitrogen and oxygen atoms in total. The van der Waals surface area contributed by atoms with E-state index in [2.05, 4.69) is 10.1 Å². The summed E-state index contributed by atoms with van der Waals surface area (Å²) in [7, 11) is 7.83. The van der Waals surface area contributed by atoms with E-state index in [1.54, 1.807) is 57.7 Å². The van der Waals surface area contributed by atoms with Crippen LogP contribution in [0.5, 0.6) is 23.0 Å². The molecule has 30 heavy (non-hydrogen) atoms. The van der Waals surface area contributed by atoms with Crippen molar-refractivity contribution in [1.82, 2.24) is 15.0 Å². The Kier molecular flexibility index (Phi) is 6.41. The van der Waals surface area contributed by atoms with Gasteiger partial charge in [-0.1, -0.05) is 5.16 Å². The van der Waals surface area contributed by atoms with E-state index in [4.69, 9.17) is 23.5 Å². The van der Waals surface area contributed by atoms with Crippen molar-refractivity contribution in [1.29, 1.82) is 0 Å². The van der Waals surface area contributed by atoms with Gasteiger partial charge in [0.25, 0.3) is 5.91 Å². The number of ether oxygens (including phenoxy) is 4. The lowest BCUT2D eigenvalue weighted by Gasteiger charge is -2.16. The number of methoxy groups -OCH3 is 4. The molecule has 0 aliphatic rings. The van der Waals surface area contributed by atoms with Crippen LogP contribution in [0.25, 0.3) is 11.4 Å². The fourth-order valence-corrected chi connectivity index (χ4v) is 2.88. The predicted octanol–water partition coefficient (Wildman–Crippen LogP) is 3.04. The van der Waals surface area contributed by atoms with E-state index in [-0.39, 0.29) is 12.5 Å². The van der Waals surface area contributed by atoms with Crippen LogP contribution in [0.3, 0.4) is 0 Å². The van der Waals surface area contributed by atoms with Crippen LogP contribution >= 0.6 is 0 Å². The number of amides is 1. The van der Waals surface area contributed by atoms with Crippen LogP contribution in [-0.4, -0.2) is 56.4 Å². The molecular weight excluding hydrogens is 390 g/mol. The van der Waals surface area contributed by atoms with Gasteiger partial charge >= 0.3 is 0 Å². The molecule has 0 radical (unpaired) electrons. The number of benzene rings is 2. The average Bonchev–Trinajstić information content (AvgIpc) is 3.25. The molecule has 3 aromatic rings. The van der Waals surface area contributed by atoms with Gasteiger partial charge in [-0.3, -0.25) is 4.79 Å². The third-order valence-corrected chi connectivity index (χ3v) is 4.47. The quantitative estimate of drug-likeness (QED) is 0.556. The van der Waals surface area contributed by atoms with Gasteiger partial charge in [0, 0.05) is 18.7 Å². The first kappa shape index (κ1) is 21.0. The topological polar surface area (TPSA) is 96.2 Å². The van der Waals surface area contributed by atoms with E-state index in [1.807, 2.05) is 0 Å². The molecule has 0 unspecified atom stereocenters. The Balaban J connectivity index is 1.76. The lowest BCUT2D eigenvalue weighted by atomic mass is 10.1. The first-order valence-electron chi connectivity index (χ1n) is 9.03. The molecule has 0 saturated heterocycles. The number of rotatable bonds is 8. The summed E-state index contributed by atoms with van der Waals surface area (Å²) in [4.78, 5) is 18.6. The van der Waals surface area contributed by atoms with Crippen molar-refractivity contribution in [3.8, 4) is 34.4 Å². The minimum Gasteiger partial charge on any atom is -0.497 e. The summed E-state index contributed by atoms with van der Waals surface area (Å²) in [6.07, 6.45) is 0. The maximum absolute atomic E-state index is 12.8. The largest absolute Gasteiger partial charge is 0.497 e. The van der Waals surface area contributed by atoms with E-state index in [1.165, 1.54) is 19.1 Å². The van der Waals surface area contributed by atoms with Crippen molar-refractivity contribution in [2.45, 2.75) is 6.54 Å². The monoisotopic (exact) mass is 413 g/mol. The molecule has 1 aromatic heterocycles. The zero-order valence-electron chi connectivity index (χ0n) is 17.5. The highest BCUT2D eigenvalue weighted by Crippen LogP contribution is 2.32. The highest BCUT2D eigenvalue weighted by atomic mass is 16.5. The molecule has 3 rings (SSSR count). The van der Waals surface area contributed by atoms with Crippen molar-refractivity contribution in [2.24, 2.45) is 0 Å². The van der Waals surface area contributed by atoms with Crippen molar-refractivity contribution < 1.29 is 28.3 Å². The Morgan fingerprint density at radius 3 is 2.33 bits per heavy atom. The van der Waals surface area contributed by atoms with Crippen LogP contribution in [0.4, 0.5) is 0 Å². The van der Waals surface area contributed by atoms with Gasteiger partial charge in [-0.25, -0.2) is 0 Å². The minimum atomic E-state index is -0.224. The molecule has 0 bridgehead atoms. The van der Waals surface area contributed by atoms with Crippen LogP contribution in [0, 0.1) is 0 Å². The normalized spacial score (nSPS) is 10.4. The summed E-state index contributed by atoms with van der Waals surface area (Å²) in [5, 5.41) is 4.00. The summed E-state index contributed by atoms with van der Waals surface area (Å²) < 4.78 is 26.4. The van der Waals surface area contributed by atoms with E-state index in [9.17, 15) is 4.79 Å². The Labute approximate surface area is 174 Å². The number of carbonyl (C=O) groups is 1. The van der Waals surface area contributed by atoms with E-state index >= 15 is 0 Å². The third kappa shape index (κ3) is 4.29. The van der Waals surface area contributed by atoms with E-state index < -0.39 is 0 Å². The van der Waals surface area contributed by atoms with Crippen molar-refractivity contribution in [3.63, 3.8) is 0 Å². The number of aromatic nitrogens is 2. The van der Waals surface area contributed by atoms with Gasteiger partial charge in [0.05, 0.1) is 40.5 Å². The number of carbonyl (C=O) groups excluding carboxylic acids is 1. The van der Waals surface area contributed by atoms with Crippen LogP contribution in [-0.2, 0) is 6.54 Å². The molecule has 2 aromatic carbocycles. The lowest BCUT2D eigenvalue weighted by Crippen LogP contribution is -2.26. The SMILES string of the molecule is COc1ccc(-c2noc(CN(C)C(=O)c3ccc(OC)c(OC)c3)n2)c(OC)c1. The summed E-state index contributed by atoms with van der Waals surface area (Å²) in [5.74, 6) is 2.65. The molecule has 1 amide bonds.